The highest BCUT2D eigenvalue weighted by atomic mass is 35.5. The summed E-state index contributed by atoms with van der Waals surface area (Å²) in [6.45, 7) is 0. The second kappa shape index (κ2) is 4.63. The van der Waals surface area contributed by atoms with Gasteiger partial charge in [0, 0.05) is 6.04 Å². The normalized spacial score (nSPS) is 22.4. The van der Waals surface area contributed by atoms with E-state index in [1.54, 1.807) is 0 Å². The molecule has 0 aliphatic carbocycles. The van der Waals surface area contributed by atoms with Crippen molar-refractivity contribution >= 4 is 33.2 Å². The summed E-state index contributed by atoms with van der Waals surface area (Å²) in [5.41, 5.74) is 2.30. The molecule has 1 aliphatic rings. The zero-order valence-corrected chi connectivity index (χ0v) is 10.4. The summed E-state index contributed by atoms with van der Waals surface area (Å²) in [4.78, 5) is 7.84. The van der Waals surface area contributed by atoms with Crippen LogP contribution in [0.15, 0.2) is 6.20 Å². The lowest BCUT2D eigenvalue weighted by atomic mass is 10.2. The van der Waals surface area contributed by atoms with Gasteiger partial charge in [-0.2, -0.15) is 4.98 Å². The Balaban J connectivity index is 2.13. The summed E-state index contributed by atoms with van der Waals surface area (Å²) in [7, 11) is -2.93. The Labute approximate surface area is 104 Å². The van der Waals surface area contributed by atoms with Crippen molar-refractivity contribution in [2.45, 2.75) is 12.5 Å². The second-order valence-corrected chi connectivity index (χ2v) is 6.41. The van der Waals surface area contributed by atoms with Crippen molar-refractivity contribution in [1.82, 2.24) is 9.97 Å². The highest BCUT2D eigenvalue weighted by Crippen LogP contribution is 2.23. The molecule has 94 valence electrons. The number of aromatic nitrogens is 2. The molecule has 0 radical (unpaired) electrons. The maximum atomic E-state index is 11.3. The van der Waals surface area contributed by atoms with Gasteiger partial charge in [0.2, 0.25) is 5.95 Å². The minimum absolute atomic E-state index is 0.0960. The van der Waals surface area contributed by atoms with Gasteiger partial charge < -0.3 is 5.32 Å². The lowest BCUT2D eigenvalue weighted by Crippen LogP contribution is -2.22. The predicted octanol–water partition coefficient (Wildman–Crippen LogP) is 0.0146. The van der Waals surface area contributed by atoms with Crippen LogP contribution in [-0.4, -0.2) is 35.9 Å². The number of nitrogens with zero attached hydrogens (tertiary/aromatic N) is 2. The van der Waals surface area contributed by atoms with Crippen LogP contribution in [0.5, 0.6) is 0 Å². The van der Waals surface area contributed by atoms with Gasteiger partial charge in [-0.25, -0.2) is 19.2 Å². The molecule has 1 saturated heterocycles. The Morgan fingerprint density at radius 2 is 2.29 bits per heavy atom. The number of nitrogen functional groups attached to an aromatic ring is 1. The SMILES string of the molecule is NNc1ncc(Cl)c(NC2CCS(=O)(=O)C2)n1. The highest BCUT2D eigenvalue weighted by molar-refractivity contribution is 7.91. The lowest BCUT2D eigenvalue weighted by molar-refractivity contribution is 0.602. The van der Waals surface area contributed by atoms with Crippen LogP contribution in [0.25, 0.3) is 0 Å². The van der Waals surface area contributed by atoms with E-state index < -0.39 is 9.84 Å². The number of halogens is 1. The maximum Gasteiger partial charge on any atom is 0.239 e. The average Bonchev–Trinajstić information content (AvgIpc) is 2.61. The summed E-state index contributed by atoms with van der Waals surface area (Å²) in [5, 5.41) is 3.31. The van der Waals surface area contributed by atoms with Gasteiger partial charge in [0.05, 0.1) is 17.7 Å². The van der Waals surface area contributed by atoms with Gasteiger partial charge in [-0.05, 0) is 6.42 Å². The third-order valence-electron chi connectivity index (χ3n) is 2.45. The number of hydrogen-bond donors (Lipinski definition) is 3. The molecular formula is C8H12ClN5O2S. The van der Waals surface area contributed by atoms with Crippen LogP contribution >= 0.6 is 11.6 Å². The van der Waals surface area contributed by atoms with E-state index in [4.69, 9.17) is 17.4 Å². The molecule has 1 aromatic rings. The van der Waals surface area contributed by atoms with E-state index in [9.17, 15) is 8.42 Å². The summed E-state index contributed by atoms with van der Waals surface area (Å²) in [5.74, 6) is 6.07. The smallest absolute Gasteiger partial charge is 0.239 e. The van der Waals surface area contributed by atoms with Crippen LogP contribution in [-0.2, 0) is 9.84 Å². The van der Waals surface area contributed by atoms with E-state index in [0.717, 1.165) is 0 Å². The molecule has 1 aromatic heterocycles. The molecule has 2 rings (SSSR count). The Bertz CT molecular complexity index is 521. The molecule has 7 nitrogen and oxygen atoms in total. The summed E-state index contributed by atoms with van der Waals surface area (Å²) in [6, 6.07) is -0.168. The molecule has 0 amide bonds. The number of sulfone groups is 1. The summed E-state index contributed by atoms with van der Waals surface area (Å²) >= 11 is 5.90. The zero-order valence-electron chi connectivity index (χ0n) is 8.85. The molecule has 9 heteroatoms. The third-order valence-corrected chi connectivity index (χ3v) is 4.49. The maximum absolute atomic E-state index is 11.3. The molecule has 0 aromatic carbocycles. The molecule has 1 fully saturated rings. The minimum atomic E-state index is -2.93. The summed E-state index contributed by atoms with van der Waals surface area (Å²) < 4.78 is 22.6. The molecule has 1 unspecified atom stereocenters. The van der Waals surface area contributed by atoms with Gasteiger partial charge in [-0.1, -0.05) is 11.6 Å². The molecular weight excluding hydrogens is 266 g/mol. The van der Waals surface area contributed by atoms with Gasteiger partial charge in [-0.3, -0.25) is 5.43 Å². The minimum Gasteiger partial charge on any atom is -0.365 e. The topological polar surface area (TPSA) is 110 Å². The van der Waals surface area contributed by atoms with Gasteiger partial charge in [0.1, 0.15) is 5.02 Å². The van der Waals surface area contributed by atoms with E-state index >= 15 is 0 Å². The number of hydrazine groups is 1. The first kappa shape index (κ1) is 12.3. The molecule has 17 heavy (non-hydrogen) atoms. The molecule has 1 aliphatic heterocycles. The van der Waals surface area contributed by atoms with Crippen LogP contribution in [0.3, 0.4) is 0 Å². The predicted molar refractivity (Wildman–Crippen MR) is 65.5 cm³/mol. The van der Waals surface area contributed by atoms with Crippen molar-refractivity contribution in [2.24, 2.45) is 5.84 Å². The van der Waals surface area contributed by atoms with Crippen molar-refractivity contribution in [2.75, 3.05) is 22.2 Å². The first-order chi connectivity index (χ1) is 8.00. The number of hydrogen-bond acceptors (Lipinski definition) is 7. The quantitative estimate of drug-likeness (QED) is 0.527. The first-order valence-electron chi connectivity index (χ1n) is 4.96. The van der Waals surface area contributed by atoms with Crippen LogP contribution in [0.1, 0.15) is 6.42 Å². The van der Waals surface area contributed by atoms with Crippen molar-refractivity contribution < 1.29 is 8.42 Å². The first-order valence-corrected chi connectivity index (χ1v) is 7.16. The van der Waals surface area contributed by atoms with E-state index in [-0.39, 0.29) is 23.5 Å². The molecule has 4 N–H and O–H groups in total. The molecule has 0 bridgehead atoms. The molecule has 2 heterocycles. The van der Waals surface area contributed by atoms with E-state index in [1.165, 1.54) is 6.20 Å². The van der Waals surface area contributed by atoms with Gasteiger partial charge >= 0.3 is 0 Å². The van der Waals surface area contributed by atoms with Crippen molar-refractivity contribution in [3.05, 3.63) is 11.2 Å². The largest absolute Gasteiger partial charge is 0.365 e. The van der Waals surface area contributed by atoms with Crippen LogP contribution in [0.4, 0.5) is 11.8 Å². The Morgan fingerprint density at radius 3 is 2.88 bits per heavy atom. The monoisotopic (exact) mass is 277 g/mol. The fraction of sp³-hybridized carbons (Fsp3) is 0.500. The van der Waals surface area contributed by atoms with Crippen molar-refractivity contribution in [3.8, 4) is 0 Å². The van der Waals surface area contributed by atoms with Gasteiger partial charge in [-0.15, -0.1) is 0 Å². The fourth-order valence-electron chi connectivity index (χ4n) is 1.64. The molecule has 0 saturated carbocycles. The Hall–Kier alpha value is -1.12. The molecule has 1 atom stereocenters. The van der Waals surface area contributed by atoms with Crippen LogP contribution < -0.4 is 16.6 Å². The number of anilines is 2. The average molecular weight is 278 g/mol. The second-order valence-electron chi connectivity index (χ2n) is 3.78. The van der Waals surface area contributed by atoms with Crippen molar-refractivity contribution in [1.29, 1.82) is 0 Å². The van der Waals surface area contributed by atoms with Crippen molar-refractivity contribution in [3.63, 3.8) is 0 Å². The van der Waals surface area contributed by atoms with Crippen LogP contribution in [0, 0.1) is 0 Å². The van der Waals surface area contributed by atoms with E-state index in [1.807, 2.05) is 0 Å². The standard InChI is InChI=1S/C8H12ClN5O2S/c9-6-3-11-8(14-10)13-7(6)12-5-1-2-17(15,16)4-5/h3,5H,1-2,4,10H2,(H2,11,12,13,14). The fourth-order valence-corrected chi connectivity index (χ4v) is 3.46. The van der Waals surface area contributed by atoms with E-state index in [0.29, 0.717) is 17.3 Å². The highest BCUT2D eigenvalue weighted by Gasteiger charge is 2.28. The summed E-state index contributed by atoms with van der Waals surface area (Å²) in [6.07, 6.45) is 1.95. The Morgan fingerprint density at radius 1 is 1.53 bits per heavy atom. The Kier molecular flexibility index (Phi) is 3.36. The number of nitrogens with one attached hydrogen (secondary N) is 2. The molecule has 0 spiro atoms. The van der Waals surface area contributed by atoms with Crippen LogP contribution in [0.2, 0.25) is 5.02 Å². The zero-order chi connectivity index (χ0) is 12.5. The third kappa shape index (κ3) is 2.96. The van der Waals surface area contributed by atoms with Gasteiger partial charge in [0.15, 0.2) is 15.7 Å². The van der Waals surface area contributed by atoms with Gasteiger partial charge in [0.25, 0.3) is 0 Å². The number of nitrogens with two attached hydrogens (primary N) is 1. The number of rotatable bonds is 3. The van der Waals surface area contributed by atoms with E-state index in [2.05, 4.69) is 20.7 Å². The lowest BCUT2D eigenvalue weighted by Gasteiger charge is -2.13.